The first-order chi connectivity index (χ1) is 10.3. The van der Waals surface area contributed by atoms with Gasteiger partial charge in [0.2, 0.25) is 0 Å². The summed E-state index contributed by atoms with van der Waals surface area (Å²) in [5.41, 5.74) is 2.87. The Morgan fingerprint density at radius 3 is 2.43 bits per heavy atom. The first kappa shape index (κ1) is 13.1. The second-order valence-electron chi connectivity index (χ2n) is 4.41. The van der Waals surface area contributed by atoms with Crippen LogP contribution in [-0.2, 0) is 0 Å². The average molecular weight is 369 g/mol. The first-order valence-electron chi connectivity index (χ1n) is 6.25. The third-order valence-electron chi connectivity index (χ3n) is 3.14. The zero-order valence-corrected chi connectivity index (χ0v) is 14.2. The van der Waals surface area contributed by atoms with Crippen molar-refractivity contribution in [3.8, 4) is 21.0 Å². The molecule has 0 unspecified atom stereocenters. The third-order valence-corrected chi connectivity index (χ3v) is 5.67. The average Bonchev–Trinajstić information content (AvgIpc) is 3.20. The number of fused-ring (bicyclic) bond motifs is 1. The van der Waals surface area contributed by atoms with Crippen LogP contribution in [0, 0.1) is 0 Å². The van der Waals surface area contributed by atoms with E-state index < -0.39 is 0 Å². The van der Waals surface area contributed by atoms with Gasteiger partial charge in [-0.3, -0.25) is 0 Å². The number of nitrogens with zero attached hydrogens (tertiary/aromatic N) is 3. The first-order valence-corrected chi connectivity index (χ1v) is 8.95. The van der Waals surface area contributed by atoms with Crippen molar-refractivity contribution in [2.45, 2.75) is 0 Å². The summed E-state index contributed by atoms with van der Waals surface area (Å²) in [7, 11) is 0. The van der Waals surface area contributed by atoms with Gasteiger partial charge in [0.05, 0.1) is 0 Å². The molecule has 100 valence electrons. The molecular formula is C15H8AsN3S2. The van der Waals surface area contributed by atoms with Gasteiger partial charge >= 0.3 is 138 Å². The van der Waals surface area contributed by atoms with E-state index in [1.165, 1.54) is 4.88 Å². The predicted octanol–water partition coefficient (Wildman–Crippen LogP) is 3.28. The molecular weight excluding hydrogens is 361 g/mol. The van der Waals surface area contributed by atoms with Crippen molar-refractivity contribution in [3.05, 3.63) is 47.4 Å². The Morgan fingerprint density at radius 2 is 1.71 bits per heavy atom. The van der Waals surface area contributed by atoms with Crippen LogP contribution in [0.4, 0.5) is 0 Å². The number of aromatic nitrogens is 3. The van der Waals surface area contributed by atoms with Crippen LogP contribution in [0.3, 0.4) is 0 Å². The summed E-state index contributed by atoms with van der Waals surface area (Å²) in [6, 6.07) is 10.5. The molecule has 0 atom stereocenters. The third kappa shape index (κ3) is 2.31. The van der Waals surface area contributed by atoms with Crippen molar-refractivity contribution in [1.82, 2.24) is 15.0 Å². The van der Waals surface area contributed by atoms with Crippen molar-refractivity contribution >= 4 is 55.0 Å². The zero-order valence-electron chi connectivity index (χ0n) is 10.7. The monoisotopic (exact) mass is 369 g/mol. The van der Waals surface area contributed by atoms with Crippen molar-refractivity contribution in [2.24, 2.45) is 0 Å². The molecule has 0 saturated heterocycles. The van der Waals surface area contributed by atoms with Gasteiger partial charge in [-0.25, -0.2) is 0 Å². The fourth-order valence-electron chi connectivity index (χ4n) is 2.20. The Bertz CT molecular complexity index is 902. The van der Waals surface area contributed by atoms with Gasteiger partial charge in [-0.15, -0.1) is 0 Å². The van der Waals surface area contributed by atoms with Crippen LogP contribution in [0.15, 0.2) is 47.4 Å². The maximum absolute atomic E-state index is 4.79. The molecule has 4 aromatic heterocycles. The van der Waals surface area contributed by atoms with Crippen molar-refractivity contribution < 1.29 is 0 Å². The van der Waals surface area contributed by atoms with E-state index in [-0.39, 0.29) is 0 Å². The second-order valence-corrected chi connectivity index (χ2v) is 7.19. The SMILES string of the molecule is [As]c1ncnc2nc(-c3cccs3)c(-c3cccs3)cc12. The predicted molar refractivity (Wildman–Crippen MR) is 89.3 cm³/mol. The van der Waals surface area contributed by atoms with Gasteiger partial charge in [-0.2, -0.15) is 0 Å². The Morgan fingerprint density at radius 1 is 0.952 bits per heavy atom. The van der Waals surface area contributed by atoms with Crippen LogP contribution in [0.2, 0.25) is 0 Å². The van der Waals surface area contributed by atoms with Gasteiger partial charge in [0.25, 0.3) is 0 Å². The normalized spacial score (nSPS) is 11.1. The Hall–Kier alpha value is -1.55. The molecule has 6 heteroatoms. The van der Waals surface area contributed by atoms with Crippen LogP contribution in [0.5, 0.6) is 0 Å². The van der Waals surface area contributed by atoms with E-state index in [1.54, 1.807) is 29.0 Å². The molecule has 4 heterocycles. The van der Waals surface area contributed by atoms with Gasteiger partial charge in [-0.1, -0.05) is 0 Å². The molecule has 0 amide bonds. The molecule has 0 N–H and O–H groups in total. The molecule has 4 rings (SSSR count). The minimum absolute atomic E-state index is 0.740. The molecule has 0 aliphatic heterocycles. The quantitative estimate of drug-likeness (QED) is 0.509. The van der Waals surface area contributed by atoms with E-state index in [9.17, 15) is 0 Å². The van der Waals surface area contributed by atoms with Crippen LogP contribution < -0.4 is 4.48 Å². The van der Waals surface area contributed by atoms with Gasteiger partial charge in [-0.05, 0) is 0 Å². The molecule has 0 aliphatic carbocycles. The molecule has 2 radical (unpaired) electrons. The topological polar surface area (TPSA) is 38.7 Å². The summed E-state index contributed by atoms with van der Waals surface area (Å²) >= 11 is 5.91. The second kappa shape index (κ2) is 5.33. The van der Waals surface area contributed by atoms with Gasteiger partial charge in [0.1, 0.15) is 0 Å². The van der Waals surface area contributed by atoms with Crippen LogP contribution in [-0.4, -0.2) is 31.8 Å². The molecule has 0 aliphatic rings. The summed E-state index contributed by atoms with van der Waals surface area (Å²) in [6.45, 7) is 0. The molecule has 3 nitrogen and oxygen atoms in total. The number of hydrogen-bond acceptors (Lipinski definition) is 5. The fourth-order valence-corrected chi connectivity index (χ4v) is 4.12. The van der Waals surface area contributed by atoms with Crippen LogP contribution in [0.25, 0.3) is 32.0 Å². The van der Waals surface area contributed by atoms with Gasteiger partial charge < -0.3 is 0 Å². The van der Waals surface area contributed by atoms with Crippen molar-refractivity contribution in [1.29, 1.82) is 0 Å². The number of thiophene rings is 2. The summed E-state index contributed by atoms with van der Waals surface area (Å²) < 4.78 is 0.899. The van der Waals surface area contributed by atoms with E-state index >= 15 is 0 Å². The Balaban J connectivity index is 2.08. The summed E-state index contributed by atoms with van der Waals surface area (Å²) in [5.74, 6) is 0. The maximum atomic E-state index is 4.79. The molecule has 0 aromatic carbocycles. The van der Waals surface area contributed by atoms with E-state index in [2.05, 4.69) is 61.8 Å². The van der Waals surface area contributed by atoms with Crippen molar-refractivity contribution in [2.75, 3.05) is 0 Å². The molecule has 0 fully saturated rings. The molecule has 21 heavy (non-hydrogen) atoms. The van der Waals surface area contributed by atoms with Gasteiger partial charge in [0, 0.05) is 0 Å². The van der Waals surface area contributed by atoms with Crippen molar-refractivity contribution in [3.63, 3.8) is 0 Å². The summed E-state index contributed by atoms with van der Waals surface area (Å²) in [4.78, 5) is 15.7. The van der Waals surface area contributed by atoms with E-state index in [1.807, 2.05) is 6.07 Å². The Labute approximate surface area is 138 Å². The van der Waals surface area contributed by atoms with E-state index in [4.69, 9.17) is 4.98 Å². The number of rotatable bonds is 2. The molecule has 4 aromatic rings. The van der Waals surface area contributed by atoms with Crippen LogP contribution >= 0.6 is 22.7 Å². The standard InChI is InChI=1S/C15H8AsN3S2/c16-14-10-7-9(11-3-1-5-20-11)13(12-4-2-6-21-12)19-15(10)18-8-17-14/h1-8H. The van der Waals surface area contributed by atoms with E-state index in [0.29, 0.717) is 0 Å². The Kier molecular flexibility index (Phi) is 3.34. The summed E-state index contributed by atoms with van der Waals surface area (Å²) in [6.07, 6.45) is 1.56. The molecule has 0 saturated carbocycles. The number of hydrogen-bond donors (Lipinski definition) is 0. The van der Waals surface area contributed by atoms with Crippen LogP contribution in [0.1, 0.15) is 0 Å². The van der Waals surface area contributed by atoms with Gasteiger partial charge in [0.15, 0.2) is 0 Å². The van der Waals surface area contributed by atoms with E-state index in [0.717, 1.165) is 31.6 Å². The molecule has 0 bridgehead atoms. The minimum atomic E-state index is 0.740. The number of pyridine rings is 1. The zero-order chi connectivity index (χ0) is 14.2. The fraction of sp³-hybridized carbons (Fsp3) is 0. The summed E-state index contributed by atoms with van der Waals surface area (Å²) in [5, 5.41) is 5.14. The molecule has 0 spiro atoms.